The van der Waals surface area contributed by atoms with E-state index in [1.165, 1.54) is 37.1 Å². The fourth-order valence-electron chi connectivity index (χ4n) is 2.99. The summed E-state index contributed by atoms with van der Waals surface area (Å²) in [5.41, 5.74) is 2.13. The minimum absolute atomic E-state index is 0.654. The molecule has 0 amide bonds. The van der Waals surface area contributed by atoms with Crippen LogP contribution < -0.4 is 0 Å². The molecule has 1 aliphatic rings. The second kappa shape index (κ2) is 5.54. The van der Waals surface area contributed by atoms with E-state index in [9.17, 15) is 0 Å². The van der Waals surface area contributed by atoms with Crippen molar-refractivity contribution in [2.75, 3.05) is 0 Å². The van der Waals surface area contributed by atoms with Crippen LogP contribution in [-0.2, 0) is 0 Å². The molecule has 4 rings (SSSR count). The standard InChI is InChI=1S/C16H16BrN3S/c17-13-8-6-11(7-9-13)14-10-20-16(18-14)21-15(19-20)12-4-2-1-3-5-12/h6-10,12H,1-5H2. The minimum Gasteiger partial charge on any atom is -0.217 e. The largest absolute Gasteiger partial charge is 0.217 e. The van der Waals surface area contributed by atoms with Gasteiger partial charge in [-0.15, -0.1) is 0 Å². The first kappa shape index (κ1) is 13.5. The van der Waals surface area contributed by atoms with Crippen LogP contribution in [0, 0.1) is 0 Å². The number of aromatic nitrogens is 3. The van der Waals surface area contributed by atoms with Gasteiger partial charge in [-0.2, -0.15) is 5.10 Å². The summed E-state index contributed by atoms with van der Waals surface area (Å²) in [7, 11) is 0. The summed E-state index contributed by atoms with van der Waals surface area (Å²) in [6, 6.07) is 8.25. The lowest BCUT2D eigenvalue weighted by atomic mass is 9.90. The number of hydrogen-bond acceptors (Lipinski definition) is 3. The lowest BCUT2D eigenvalue weighted by Gasteiger charge is -2.18. The highest BCUT2D eigenvalue weighted by Gasteiger charge is 2.20. The van der Waals surface area contributed by atoms with Crippen LogP contribution in [0.5, 0.6) is 0 Å². The molecule has 1 aromatic carbocycles. The van der Waals surface area contributed by atoms with Gasteiger partial charge in [0, 0.05) is 16.0 Å². The molecule has 0 spiro atoms. The molecule has 0 radical (unpaired) electrons. The lowest BCUT2D eigenvalue weighted by molar-refractivity contribution is 0.439. The number of rotatable bonds is 2. The van der Waals surface area contributed by atoms with Crippen molar-refractivity contribution in [2.45, 2.75) is 38.0 Å². The van der Waals surface area contributed by atoms with Gasteiger partial charge < -0.3 is 0 Å². The molecule has 0 saturated heterocycles. The quantitative estimate of drug-likeness (QED) is 0.622. The Morgan fingerprint density at radius 3 is 2.57 bits per heavy atom. The SMILES string of the molecule is Brc1ccc(-c2cn3nc(C4CCCCC4)sc3n2)cc1. The number of nitrogens with zero attached hydrogens (tertiary/aromatic N) is 3. The summed E-state index contributed by atoms with van der Waals surface area (Å²) in [5, 5.41) is 6.03. The van der Waals surface area contributed by atoms with Gasteiger partial charge in [0.05, 0.1) is 11.9 Å². The van der Waals surface area contributed by atoms with E-state index in [2.05, 4.69) is 28.1 Å². The molecule has 1 saturated carbocycles. The van der Waals surface area contributed by atoms with Gasteiger partial charge in [0.2, 0.25) is 4.96 Å². The predicted octanol–water partition coefficient (Wildman–Crippen LogP) is 5.27. The van der Waals surface area contributed by atoms with E-state index in [4.69, 9.17) is 10.1 Å². The molecule has 2 aromatic heterocycles. The third kappa shape index (κ3) is 2.64. The average molecular weight is 362 g/mol. The van der Waals surface area contributed by atoms with Gasteiger partial charge in [0.25, 0.3) is 0 Å². The molecule has 1 fully saturated rings. The third-order valence-corrected chi connectivity index (χ3v) is 5.77. The summed E-state index contributed by atoms with van der Waals surface area (Å²) in [5.74, 6) is 0.654. The second-order valence-electron chi connectivity index (χ2n) is 5.64. The van der Waals surface area contributed by atoms with E-state index in [-0.39, 0.29) is 0 Å². The molecule has 2 heterocycles. The first-order valence-electron chi connectivity index (χ1n) is 7.42. The number of halogens is 1. The topological polar surface area (TPSA) is 30.2 Å². The number of fused-ring (bicyclic) bond motifs is 1. The first-order valence-corrected chi connectivity index (χ1v) is 9.02. The summed E-state index contributed by atoms with van der Waals surface area (Å²) < 4.78 is 3.04. The smallest absolute Gasteiger partial charge is 0.212 e. The van der Waals surface area contributed by atoms with Crippen molar-refractivity contribution in [1.29, 1.82) is 0 Å². The fourth-order valence-corrected chi connectivity index (χ4v) is 4.30. The Labute approximate surface area is 136 Å². The Hall–Kier alpha value is -1.20. The normalized spacial score (nSPS) is 16.6. The summed E-state index contributed by atoms with van der Waals surface area (Å²) in [4.78, 5) is 5.74. The molecule has 0 N–H and O–H groups in total. The lowest BCUT2D eigenvalue weighted by Crippen LogP contribution is -2.04. The predicted molar refractivity (Wildman–Crippen MR) is 89.8 cm³/mol. The molecule has 5 heteroatoms. The van der Waals surface area contributed by atoms with Crippen LogP contribution in [0.1, 0.15) is 43.0 Å². The highest BCUT2D eigenvalue weighted by Crippen LogP contribution is 2.35. The average Bonchev–Trinajstić information content (AvgIpc) is 3.07. The molecule has 108 valence electrons. The first-order chi connectivity index (χ1) is 10.3. The van der Waals surface area contributed by atoms with Crippen molar-refractivity contribution in [1.82, 2.24) is 14.6 Å². The summed E-state index contributed by atoms with van der Waals surface area (Å²) >= 11 is 5.22. The maximum absolute atomic E-state index is 4.76. The third-order valence-electron chi connectivity index (χ3n) is 4.15. The van der Waals surface area contributed by atoms with Gasteiger partial charge in [-0.05, 0) is 25.0 Å². The van der Waals surface area contributed by atoms with Crippen molar-refractivity contribution in [3.8, 4) is 11.3 Å². The monoisotopic (exact) mass is 361 g/mol. The Morgan fingerprint density at radius 2 is 1.86 bits per heavy atom. The highest BCUT2D eigenvalue weighted by molar-refractivity contribution is 9.10. The van der Waals surface area contributed by atoms with Gasteiger partial charge in [-0.25, -0.2) is 9.50 Å². The maximum atomic E-state index is 4.76. The zero-order chi connectivity index (χ0) is 14.2. The zero-order valence-corrected chi connectivity index (χ0v) is 14.0. The Balaban J connectivity index is 1.65. The molecular weight excluding hydrogens is 346 g/mol. The highest BCUT2D eigenvalue weighted by atomic mass is 79.9. The molecular formula is C16H16BrN3S. The van der Waals surface area contributed by atoms with E-state index in [0.717, 1.165) is 20.7 Å². The van der Waals surface area contributed by atoms with Crippen molar-refractivity contribution in [2.24, 2.45) is 0 Å². The van der Waals surface area contributed by atoms with Crippen LogP contribution in [0.25, 0.3) is 16.2 Å². The van der Waals surface area contributed by atoms with Crippen LogP contribution in [-0.4, -0.2) is 14.6 Å². The van der Waals surface area contributed by atoms with Gasteiger partial charge in [-0.3, -0.25) is 0 Å². The van der Waals surface area contributed by atoms with Crippen LogP contribution in [0.4, 0.5) is 0 Å². The second-order valence-corrected chi connectivity index (χ2v) is 7.54. The molecule has 3 nitrogen and oxygen atoms in total. The van der Waals surface area contributed by atoms with Crippen molar-refractivity contribution < 1.29 is 0 Å². The maximum Gasteiger partial charge on any atom is 0.212 e. The molecule has 3 aromatic rings. The van der Waals surface area contributed by atoms with Crippen LogP contribution in [0.2, 0.25) is 0 Å². The van der Waals surface area contributed by atoms with Crippen LogP contribution >= 0.6 is 27.3 Å². The molecule has 1 aliphatic carbocycles. The fraction of sp³-hybridized carbons (Fsp3) is 0.375. The van der Waals surface area contributed by atoms with Crippen LogP contribution in [0.3, 0.4) is 0 Å². The number of hydrogen-bond donors (Lipinski definition) is 0. The Kier molecular flexibility index (Phi) is 3.55. The van der Waals surface area contributed by atoms with Gasteiger partial charge >= 0.3 is 0 Å². The van der Waals surface area contributed by atoms with Crippen molar-refractivity contribution in [3.05, 3.63) is 39.9 Å². The minimum atomic E-state index is 0.654. The van der Waals surface area contributed by atoms with Crippen molar-refractivity contribution >= 4 is 32.2 Å². The number of imidazole rings is 1. The molecule has 21 heavy (non-hydrogen) atoms. The Bertz CT molecular complexity index is 722. The van der Waals surface area contributed by atoms with Gasteiger partial charge in [0.15, 0.2) is 0 Å². The van der Waals surface area contributed by atoms with Gasteiger partial charge in [-0.1, -0.05) is 58.7 Å². The van der Waals surface area contributed by atoms with E-state index >= 15 is 0 Å². The zero-order valence-electron chi connectivity index (χ0n) is 11.6. The molecule has 0 bridgehead atoms. The number of benzene rings is 1. The molecule has 0 atom stereocenters. The Morgan fingerprint density at radius 1 is 1.10 bits per heavy atom. The summed E-state index contributed by atoms with van der Waals surface area (Å²) in [6.45, 7) is 0. The van der Waals surface area contributed by atoms with E-state index < -0.39 is 0 Å². The van der Waals surface area contributed by atoms with Gasteiger partial charge in [0.1, 0.15) is 5.01 Å². The summed E-state index contributed by atoms with van der Waals surface area (Å²) in [6.07, 6.45) is 8.69. The van der Waals surface area contributed by atoms with E-state index in [1.54, 1.807) is 11.3 Å². The van der Waals surface area contributed by atoms with E-state index in [0.29, 0.717) is 5.92 Å². The molecule has 0 aliphatic heterocycles. The van der Waals surface area contributed by atoms with E-state index in [1.807, 2.05) is 22.8 Å². The molecule has 0 unspecified atom stereocenters. The van der Waals surface area contributed by atoms with Crippen molar-refractivity contribution in [3.63, 3.8) is 0 Å². The van der Waals surface area contributed by atoms with Crippen LogP contribution in [0.15, 0.2) is 34.9 Å².